The van der Waals surface area contributed by atoms with Crippen molar-refractivity contribution in [1.29, 1.82) is 0 Å². The first kappa shape index (κ1) is 10.2. The van der Waals surface area contributed by atoms with Crippen LogP contribution in [-0.4, -0.2) is 22.6 Å². The summed E-state index contributed by atoms with van der Waals surface area (Å²) in [6, 6.07) is 11.3. The van der Waals surface area contributed by atoms with Crippen molar-refractivity contribution in [3.05, 3.63) is 42.6 Å². The van der Waals surface area contributed by atoms with Crippen molar-refractivity contribution in [1.82, 2.24) is 10.2 Å². The van der Waals surface area contributed by atoms with Gasteiger partial charge in [-0.1, -0.05) is 18.2 Å². The molecule has 1 aromatic heterocycles. The maximum absolute atomic E-state index is 11.5. The van der Waals surface area contributed by atoms with Crippen LogP contribution in [0.3, 0.4) is 0 Å². The number of hydrogen-bond acceptors (Lipinski definition) is 3. The van der Waals surface area contributed by atoms with Crippen LogP contribution < -0.4 is 10.6 Å². The summed E-state index contributed by atoms with van der Waals surface area (Å²) in [4.78, 5) is 11.5. The number of carbonyl (C=O) groups excluding carboxylic acids is 1. The van der Waals surface area contributed by atoms with Gasteiger partial charge in [0.25, 0.3) is 0 Å². The highest BCUT2D eigenvalue weighted by Crippen LogP contribution is 2.04. The van der Waals surface area contributed by atoms with Crippen LogP contribution in [0.5, 0.6) is 0 Å². The molecule has 16 heavy (non-hydrogen) atoms. The molecule has 5 nitrogen and oxygen atoms in total. The molecular weight excluding hydrogens is 204 g/mol. The summed E-state index contributed by atoms with van der Waals surface area (Å²) in [5.41, 5.74) is 0.919. The van der Waals surface area contributed by atoms with E-state index in [0.717, 1.165) is 5.69 Å². The Morgan fingerprint density at radius 1 is 1.25 bits per heavy atom. The molecule has 0 unspecified atom stereocenters. The Kier molecular flexibility index (Phi) is 3.18. The van der Waals surface area contributed by atoms with Crippen molar-refractivity contribution in [2.75, 3.05) is 17.2 Å². The number of carbonyl (C=O) groups is 1. The summed E-state index contributed by atoms with van der Waals surface area (Å²) < 4.78 is 0. The minimum absolute atomic E-state index is 0.117. The molecule has 1 heterocycles. The first-order chi connectivity index (χ1) is 7.84. The van der Waals surface area contributed by atoms with Gasteiger partial charge in [0.05, 0.1) is 12.7 Å². The molecule has 0 aliphatic heterocycles. The number of rotatable bonds is 4. The number of hydrogen-bond donors (Lipinski definition) is 3. The Morgan fingerprint density at radius 3 is 2.75 bits per heavy atom. The summed E-state index contributed by atoms with van der Waals surface area (Å²) in [5.74, 6) is 0.480. The summed E-state index contributed by atoms with van der Waals surface area (Å²) in [7, 11) is 0. The average molecular weight is 216 g/mol. The lowest BCUT2D eigenvalue weighted by atomic mass is 10.3. The maximum atomic E-state index is 11.5. The van der Waals surface area contributed by atoms with Crippen LogP contribution in [0.4, 0.5) is 11.5 Å². The molecule has 1 aromatic carbocycles. The van der Waals surface area contributed by atoms with Gasteiger partial charge in [0.1, 0.15) is 5.82 Å². The van der Waals surface area contributed by atoms with Crippen molar-refractivity contribution in [3.8, 4) is 0 Å². The Hall–Kier alpha value is -2.30. The van der Waals surface area contributed by atoms with Crippen LogP contribution >= 0.6 is 0 Å². The van der Waals surface area contributed by atoms with E-state index in [1.54, 1.807) is 12.3 Å². The van der Waals surface area contributed by atoms with E-state index in [4.69, 9.17) is 0 Å². The molecule has 2 aromatic rings. The fourth-order valence-electron chi connectivity index (χ4n) is 1.26. The molecule has 0 fully saturated rings. The molecule has 0 radical (unpaired) electrons. The zero-order chi connectivity index (χ0) is 11.2. The fourth-order valence-corrected chi connectivity index (χ4v) is 1.26. The molecule has 1 amide bonds. The molecule has 0 bridgehead atoms. The first-order valence-corrected chi connectivity index (χ1v) is 4.93. The van der Waals surface area contributed by atoms with Crippen LogP contribution in [0.15, 0.2) is 42.6 Å². The summed E-state index contributed by atoms with van der Waals surface area (Å²) in [6.07, 6.45) is 1.58. The molecular formula is C11H12N4O. The highest BCUT2D eigenvalue weighted by atomic mass is 16.2. The quantitative estimate of drug-likeness (QED) is 0.724. The van der Waals surface area contributed by atoms with Gasteiger partial charge in [0.15, 0.2) is 0 Å². The van der Waals surface area contributed by atoms with Crippen molar-refractivity contribution in [3.63, 3.8) is 0 Å². The topological polar surface area (TPSA) is 69.8 Å². The van der Waals surface area contributed by atoms with Gasteiger partial charge in [-0.25, -0.2) is 0 Å². The molecule has 5 heteroatoms. The monoisotopic (exact) mass is 216 g/mol. The van der Waals surface area contributed by atoms with Gasteiger partial charge in [-0.2, -0.15) is 5.10 Å². The first-order valence-electron chi connectivity index (χ1n) is 4.93. The molecule has 2 rings (SSSR count). The normalized spacial score (nSPS) is 9.75. The number of para-hydroxylation sites is 1. The highest BCUT2D eigenvalue weighted by Gasteiger charge is 2.01. The van der Waals surface area contributed by atoms with Gasteiger partial charge >= 0.3 is 0 Å². The number of nitrogens with one attached hydrogen (secondary N) is 3. The van der Waals surface area contributed by atoms with E-state index in [1.165, 1.54) is 0 Å². The van der Waals surface area contributed by atoms with E-state index in [2.05, 4.69) is 20.8 Å². The summed E-state index contributed by atoms with van der Waals surface area (Å²) >= 11 is 0. The van der Waals surface area contributed by atoms with Crippen LogP contribution in [0, 0.1) is 0 Å². The second-order valence-corrected chi connectivity index (χ2v) is 3.24. The molecule has 0 aliphatic rings. The fraction of sp³-hybridized carbons (Fsp3) is 0.0909. The van der Waals surface area contributed by atoms with E-state index in [-0.39, 0.29) is 12.5 Å². The SMILES string of the molecule is O=C(CNc1ccccc1)Nc1ccn[nH]1. The van der Waals surface area contributed by atoms with Crippen molar-refractivity contribution in [2.24, 2.45) is 0 Å². The molecule has 3 N–H and O–H groups in total. The van der Waals surface area contributed by atoms with Gasteiger partial charge in [0.2, 0.25) is 5.91 Å². The number of aromatic amines is 1. The van der Waals surface area contributed by atoms with Crippen molar-refractivity contribution in [2.45, 2.75) is 0 Å². The lowest BCUT2D eigenvalue weighted by molar-refractivity contribution is -0.114. The molecule has 0 spiro atoms. The Morgan fingerprint density at radius 2 is 2.06 bits per heavy atom. The standard InChI is InChI=1S/C11H12N4O/c16-11(14-10-6-7-13-15-10)8-12-9-4-2-1-3-5-9/h1-7,12H,8H2,(H2,13,14,15,16). The Balaban J connectivity index is 1.80. The number of benzene rings is 1. The summed E-state index contributed by atoms with van der Waals surface area (Å²) in [5, 5.41) is 12.1. The number of aromatic nitrogens is 2. The second kappa shape index (κ2) is 4.97. The minimum Gasteiger partial charge on any atom is -0.376 e. The van der Waals surface area contributed by atoms with E-state index >= 15 is 0 Å². The molecule has 0 atom stereocenters. The Bertz CT molecular complexity index is 438. The number of H-pyrrole nitrogens is 1. The van der Waals surface area contributed by atoms with Crippen molar-refractivity contribution < 1.29 is 4.79 Å². The van der Waals surface area contributed by atoms with E-state index in [1.807, 2.05) is 30.3 Å². The predicted molar refractivity (Wildman–Crippen MR) is 62.1 cm³/mol. The van der Waals surface area contributed by atoms with Gasteiger partial charge < -0.3 is 10.6 Å². The molecule has 0 saturated heterocycles. The predicted octanol–water partition coefficient (Wildman–Crippen LogP) is 1.46. The largest absolute Gasteiger partial charge is 0.376 e. The lowest BCUT2D eigenvalue weighted by Gasteiger charge is -2.05. The Labute approximate surface area is 92.9 Å². The third-order valence-electron chi connectivity index (χ3n) is 2.00. The van der Waals surface area contributed by atoms with Gasteiger partial charge in [-0.3, -0.25) is 9.89 Å². The minimum atomic E-state index is -0.117. The summed E-state index contributed by atoms with van der Waals surface area (Å²) in [6.45, 7) is 0.225. The van der Waals surface area contributed by atoms with Crippen LogP contribution in [0.1, 0.15) is 0 Å². The number of nitrogens with zero attached hydrogens (tertiary/aromatic N) is 1. The maximum Gasteiger partial charge on any atom is 0.244 e. The second-order valence-electron chi connectivity index (χ2n) is 3.24. The third kappa shape index (κ3) is 2.84. The van der Waals surface area contributed by atoms with Crippen molar-refractivity contribution >= 4 is 17.4 Å². The molecule has 0 saturated carbocycles. The molecule has 0 aliphatic carbocycles. The number of anilines is 2. The van der Waals surface area contributed by atoms with Gasteiger partial charge in [0, 0.05) is 11.8 Å². The third-order valence-corrected chi connectivity index (χ3v) is 2.00. The highest BCUT2D eigenvalue weighted by molar-refractivity contribution is 5.92. The van der Waals surface area contributed by atoms with Gasteiger partial charge in [-0.15, -0.1) is 0 Å². The van der Waals surface area contributed by atoms with Gasteiger partial charge in [-0.05, 0) is 12.1 Å². The van der Waals surface area contributed by atoms with E-state index < -0.39 is 0 Å². The molecule has 82 valence electrons. The van der Waals surface area contributed by atoms with Crippen LogP contribution in [0.2, 0.25) is 0 Å². The smallest absolute Gasteiger partial charge is 0.244 e. The van der Waals surface area contributed by atoms with E-state index in [9.17, 15) is 4.79 Å². The lowest BCUT2D eigenvalue weighted by Crippen LogP contribution is -2.21. The van der Waals surface area contributed by atoms with Crippen LogP contribution in [0.25, 0.3) is 0 Å². The van der Waals surface area contributed by atoms with Crippen LogP contribution in [-0.2, 0) is 4.79 Å². The zero-order valence-electron chi connectivity index (χ0n) is 8.60. The average Bonchev–Trinajstić information content (AvgIpc) is 2.81. The van der Waals surface area contributed by atoms with E-state index in [0.29, 0.717) is 5.82 Å². The number of amides is 1. The zero-order valence-corrected chi connectivity index (χ0v) is 8.60.